The summed E-state index contributed by atoms with van der Waals surface area (Å²) in [7, 11) is 1.62. The van der Waals surface area contributed by atoms with Gasteiger partial charge in [-0.25, -0.2) is 0 Å². The number of benzene rings is 2. The minimum absolute atomic E-state index is 0.0116. The van der Waals surface area contributed by atoms with E-state index in [0.717, 1.165) is 50.1 Å². The van der Waals surface area contributed by atoms with E-state index < -0.39 is 12.4 Å². The van der Waals surface area contributed by atoms with Crippen LogP contribution in [0.3, 0.4) is 0 Å². The summed E-state index contributed by atoms with van der Waals surface area (Å²) in [6.07, 6.45) is 1.08. The molecule has 3 aromatic rings. The van der Waals surface area contributed by atoms with Gasteiger partial charge in [-0.15, -0.1) is 13.2 Å². The summed E-state index contributed by atoms with van der Waals surface area (Å²) in [5, 5.41) is 5.55. The number of nitrogens with zero attached hydrogens (tertiary/aromatic N) is 3. The number of aryl methyl sites for hydroxylation is 1. The zero-order valence-corrected chi connectivity index (χ0v) is 29.9. The molecule has 0 aliphatic carbocycles. The Morgan fingerprint density at radius 2 is 1.62 bits per heavy atom. The molecule has 0 bridgehead atoms. The third-order valence-corrected chi connectivity index (χ3v) is 10.9. The summed E-state index contributed by atoms with van der Waals surface area (Å²) in [6.45, 7) is 6.83. The molecule has 6 rings (SSSR count). The van der Waals surface area contributed by atoms with E-state index in [4.69, 9.17) is 0 Å². The van der Waals surface area contributed by atoms with Gasteiger partial charge in [0.2, 0.25) is 11.8 Å². The summed E-state index contributed by atoms with van der Waals surface area (Å²) in [4.78, 5) is 53.6. The molecule has 2 amide bonds. The Balaban J connectivity index is 0.984. The number of ketones is 1. The maximum atomic E-state index is 13.5. The molecule has 52 heavy (non-hydrogen) atoms. The van der Waals surface area contributed by atoms with Gasteiger partial charge in [-0.2, -0.15) is 0 Å². The molecule has 13 heteroatoms. The molecule has 3 saturated heterocycles. The number of alkyl halides is 3. The Labute approximate surface area is 301 Å². The first-order chi connectivity index (χ1) is 24.7. The summed E-state index contributed by atoms with van der Waals surface area (Å²) >= 11 is 0. The molecule has 3 fully saturated rings. The first-order valence-corrected chi connectivity index (χ1v) is 18.0. The predicted octanol–water partition coefficient (Wildman–Crippen LogP) is 5.53. The molecule has 1 atom stereocenters. The van der Waals surface area contributed by atoms with Crippen LogP contribution < -0.4 is 25.8 Å². The zero-order valence-electron chi connectivity index (χ0n) is 29.9. The number of nitrogens with one attached hydrogen (secondary N) is 2. The molecule has 0 radical (unpaired) electrons. The van der Waals surface area contributed by atoms with Gasteiger partial charge < -0.3 is 19.5 Å². The van der Waals surface area contributed by atoms with Gasteiger partial charge in [-0.1, -0.05) is 12.1 Å². The SMILES string of the molecule is Cc1c(-c2ccc(CC3CCN(CC(=O)C4CCN(c5ccc(NC6CCC(=O)NC6=O)cc5)CC4)CC3)c(OC(F)(F)F)c2)cn(C)c(=O)c1C. The van der Waals surface area contributed by atoms with Gasteiger partial charge in [0.15, 0.2) is 0 Å². The number of ether oxygens (including phenoxy) is 1. The largest absolute Gasteiger partial charge is 0.573 e. The molecule has 1 aromatic heterocycles. The Morgan fingerprint density at radius 3 is 2.27 bits per heavy atom. The predicted molar refractivity (Wildman–Crippen MR) is 192 cm³/mol. The maximum Gasteiger partial charge on any atom is 0.573 e. The van der Waals surface area contributed by atoms with Crippen molar-refractivity contribution in [1.82, 2.24) is 14.8 Å². The van der Waals surface area contributed by atoms with E-state index in [1.54, 1.807) is 39.2 Å². The van der Waals surface area contributed by atoms with Gasteiger partial charge in [0.05, 0.1) is 6.54 Å². The van der Waals surface area contributed by atoms with Gasteiger partial charge >= 0.3 is 6.36 Å². The van der Waals surface area contributed by atoms with Crippen molar-refractivity contribution >= 4 is 29.0 Å². The average Bonchev–Trinajstić information content (AvgIpc) is 3.11. The number of carbonyl (C=O) groups excluding carboxylic acids is 3. The molecule has 3 aliphatic rings. The maximum absolute atomic E-state index is 13.5. The lowest BCUT2D eigenvalue weighted by atomic mass is 9.88. The second-order valence-corrected chi connectivity index (χ2v) is 14.4. The van der Waals surface area contributed by atoms with Gasteiger partial charge in [0.1, 0.15) is 17.6 Å². The number of pyridine rings is 1. The molecule has 0 saturated carbocycles. The Bertz CT molecular complexity index is 1860. The number of hydrogen-bond donors (Lipinski definition) is 2. The molecule has 278 valence electrons. The second-order valence-electron chi connectivity index (χ2n) is 14.4. The number of amides is 2. The van der Waals surface area contributed by atoms with Crippen molar-refractivity contribution < 1.29 is 32.3 Å². The number of hydrogen-bond acceptors (Lipinski definition) is 8. The highest BCUT2D eigenvalue weighted by Crippen LogP contribution is 2.36. The van der Waals surface area contributed by atoms with Crippen molar-refractivity contribution in [1.29, 1.82) is 0 Å². The van der Waals surface area contributed by atoms with Crippen LogP contribution >= 0.6 is 0 Å². The number of piperidine rings is 3. The molecule has 10 nitrogen and oxygen atoms in total. The lowest BCUT2D eigenvalue weighted by Gasteiger charge is -2.35. The van der Waals surface area contributed by atoms with Crippen molar-refractivity contribution in [2.75, 3.05) is 42.9 Å². The number of anilines is 2. The van der Waals surface area contributed by atoms with Gasteiger partial charge in [0.25, 0.3) is 5.56 Å². The molecular weight excluding hydrogens is 675 g/mol. The fourth-order valence-electron chi connectivity index (χ4n) is 7.65. The van der Waals surface area contributed by atoms with Gasteiger partial charge in [-0.3, -0.25) is 29.4 Å². The van der Waals surface area contributed by atoms with Crippen molar-refractivity contribution in [2.45, 2.75) is 71.2 Å². The summed E-state index contributed by atoms with van der Waals surface area (Å²) in [6, 6.07) is 12.3. The molecule has 4 heterocycles. The first-order valence-electron chi connectivity index (χ1n) is 18.0. The number of aromatic nitrogens is 1. The minimum atomic E-state index is -4.84. The fraction of sp³-hybridized carbons (Fsp3) is 0.487. The highest BCUT2D eigenvalue weighted by Gasteiger charge is 2.34. The van der Waals surface area contributed by atoms with E-state index in [9.17, 15) is 32.3 Å². The molecule has 1 unspecified atom stereocenters. The quantitative estimate of drug-likeness (QED) is 0.263. The average molecular weight is 722 g/mol. The van der Waals surface area contributed by atoms with Crippen molar-refractivity contribution in [3.63, 3.8) is 0 Å². The zero-order chi connectivity index (χ0) is 37.2. The Hall–Kier alpha value is -4.65. The third kappa shape index (κ3) is 8.86. The van der Waals surface area contributed by atoms with E-state index in [1.807, 2.05) is 24.3 Å². The highest BCUT2D eigenvalue weighted by molar-refractivity contribution is 6.01. The standard InChI is InChI=1S/C39H46F3N5O5/c1-24-25(2)38(51)45(3)22-32(24)28-4-5-29(35(21-28)52-39(40,41)42)20-26-12-16-46(17-13-26)23-34(48)27-14-18-47(19-15-27)31-8-6-30(7-9-31)43-33-10-11-36(49)44-37(33)50/h4-9,21-22,26-27,33,43H,10-20,23H2,1-3H3,(H,44,49,50). The first kappa shape index (κ1) is 37.1. The van der Waals surface area contributed by atoms with E-state index in [2.05, 4.69) is 25.2 Å². The summed E-state index contributed by atoms with van der Waals surface area (Å²) in [5.41, 5.74) is 4.69. The fourth-order valence-corrected chi connectivity index (χ4v) is 7.65. The van der Waals surface area contributed by atoms with Crippen molar-refractivity contribution in [2.24, 2.45) is 18.9 Å². The minimum Gasteiger partial charge on any atom is -0.405 e. The van der Waals surface area contributed by atoms with Crippen LogP contribution in [0.15, 0.2) is 53.5 Å². The molecule has 2 N–H and O–H groups in total. The normalized spacial score (nSPS) is 19.4. The second kappa shape index (κ2) is 15.5. The van der Waals surface area contributed by atoms with Crippen LogP contribution in [0.25, 0.3) is 11.1 Å². The molecule has 3 aliphatic heterocycles. The van der Waals surface area contributed by atoms with Crippen LogP contribution in [0.1, 0.15) is 55.2 Å². The monoisotopic (exact) mass is 721 g/mol. The van der Waals surface area contributed by atoms with E-state index in [-0.39, 0.29) is 40.7 Å². The molecular formula is C39H46F3N5O5. The van der Waals surface area contributed by atoms with Crippen LogP contribution in [0.4, 0.5) is 24.5 Å². The molecule has 0 spiro atoms. The summed E-state index contributed by atoms with van der Waals surface area (Å²) in [5.74, 6) is -0.394. The lowest BCUT2D eigenvalue weighted by Crippen LogP contribution is -2.47. The number of halogens is 3. The topological polar surface area (TPSA) is 113 Å². The molecule has 2 aromatic carbocycles. The van der Waals surface area contributed by atoms with Crippen LogP contribution in [0, 0.1) is 25.7 Å². The van der Waals surface area contributed by atoms with Crippen LogP contribution in [0.2, 0.25) is 0 Å². The highest BCUT2D eigenvalue weighted by atomic mass is 19.4. The van der Waals surface area contributed by atoms with E-state index in [1.165, 1.54) is 10.6 Å². The smallest absolute Gasteiger partial charge is 0.405 e. The van der Waals surface area contributed by atoms with Crippen molar-refractivity contribution in [3.05, 3.63) is 75.7 Å². The van der Waals surface area contributed by atoms with Gasteiger partial charge in [-0.05, 0) is 118 Å². The number of likely N-dealkylation sites (tertiary alicyclic amines) is 1. The van der Waals surface area contributed by atoms with Crippen LogP contribution in [0.5, 0.6) is 5.75 Å². The number of Topliss-reactive ketones (excluding diaryl/α,β-unsaturated/α-hetero) is 1. The Kier molecular flexibility index (Phi) is 11.1. The van der Waals surface area contributed by atoms with E-state index >= 15 is 0 Å². The number of carbonyl (C=O) groups is 3. The number of imide groups is 1. The summed E-state index contributed by atoms with van der Waals surface area (Å²) < 4.78 is 46.5. The third-order valence-electron chi connectivity index (χ3n) is 10.9. The van der Waals surface area contributed by atoms with Gasteiger partial charge in [0, 0.05) is 61.2 Å². The Morgan fingerprint density at radius 1 is 0.923 bits per heavy atom. The van der Waals surface area contributed by atoms with E-state index in [0.29, 0.717) is 66.7 Å². The van der Waals surface area contributed by atoms with Crippen molar-refractivity contribution in [3.8, 4) is 16.9 Å². The lowest BCUT2D eigenvalue weighted by molar-refractivity contribution is -0.274. The number of rotatable bonds is 10. The van der Waals surface area contributed by atoms with Crippen LogP contribution in [-0.4, -0.2) is 72.2 Å². The van der Waals surface area contributed by atoms with Crippen LogP contribution in [-0.2, 0) is 27.9 Å².